The molecule has 128 valence electrons. The molecule has 1 aliphatic heterocycles. The van der Waals surface area contributed by atoms with Crippen molar-refractivity contribution in [2.75, 3.05) is 18.5 Å². The molecule has 6 N–H and O–H groups in total. The first kappa shape index (κ1) is 17.2. The number of carboxylic acid groups (broad SMARTS) is 1. The lowest BCUT2D eigenvalue weighted by atomic mass is 10.1. The summed E-state index contributed by atoms with van der Waals surface area (Å²) in [5, 5.41) is 20.4. The van der Waals surface area contributed by atoms with E-state index >= 15 is 0 Å². The molecule has 1 aromatic rings. The van der Waals surface area contributed by atoms with Gasteiger partial charge in [0.25, 0.3) is 0 Å². The van der Waals surface area contributed by atoms with Gasteiger partial charge in [-0.3, -0.25) is 4.90 Å². The fourth-order valence-corrected chi connectivity index (χ4v) is 2.59. The molecule has 0 aliphatic carbocycles. The molecule has 0 saturated carbocycles. The minimum Gasteiger partial charge on any atom is -0.465 e. The predicted octanol–water partition coefficient (Wildman–Crippen LogP) is 0.283. The number of alkyl halides is 3. The number of β-amino-alcohol motifs (C(OH)–C–C–N with tert-alkyl or cyclic N) is 1. The molecule has 0 radical (unpaired) electrons. The van der Waals surface area contributed by atoms with Gasteiger partial charge in [-0.1, -0.05) is 6.07 Å². The van der Waals surface area contributed by atoms with Crippen LogP contribution in [0.15, 0.2) is 18.3 Å². The number of nitrogens with one attached hydrogen (secondary N) is 2. The summed E-state index contributed by atoms with van der Waals surface area (Å²) >= 11 is 0. The molecular weight excluding hydrogens is 319 g/mol. The summed E-state index contributed by atoms with van der Waals surface area (Å²) in [6.07, 6.45) is -6.21. The molecule has 2 rings (SSSR count). The maximum absolute atomic E-state index is 13.4. The first-order chi connectivity index (χ1) is 10.7. The van der Waals surface area contributed by atoms with E-state index in [0.29, 0.717) is 0 Å². The number of nitrogen functional groups attached to an aromatic ring is 1. The van der Waals surface area contributed by atoms with Crippen molar-refractivity contribution < 1.29 is 28.2 Å². The lowest BCUT2D eigenvalue weighted by Crippen LogP contribution is -2.42. The lowest BCUT2D eigenvalue weighted by molar-refractivity contribution is -0.184. The maximum atomic E-state index is 13.4. The number of aliphatic hydroxyl groups is 1. The van der Waals surface area contributed by atoms with Crippen LogP contribution in [0.3, 0.4) is 0 Å². The van der Waals surface area contributed by atoms with E-state index in [1.54, 1.807) is 0 Å². The Kier molecular flexibility index (Phi) is 4.92. The third-order valence-corrected chi connectivity index (χ3v) is 3.55. The lowest BCUT2D eigenvalue weighted by Gasteiger charge is -2.29. The molecule has 1 amide bonds. The van der Waals surface area contributed by atoms with Gasteiger partial charge in [0.2, 0.25) is 0 Å². The summed E-state index contributed by atoms with van der Waals surface area (Å²) in [5.74, 6) is 5.33. The quantitative estimate of drug-likeness (QED) is 0.395. The number of pyridine rings is 1. The van der Waals surface area contributed by atoms with Crippen molar-refractivity contribution in [2.45, 2.75) is 24.4 Å². The van der Waals surface area contributed by atoms with E-state index in [0.717, 1.165) is 11.1 Å². The van der Waals surface area contributed by atoms with Crippen LogP contribution in [0.5, 0.6) is 0 Å². The second-order valence-electron chi connectivity index (χ2n) is 5.14. The van der Waals surface area contributed by atoms with E-state index in [9.17, 15) is 23.1 Å². The summed E-state index contributed by atoms with van der Waals surface area (Å²) in [5.41, 5.74) is 2.09. The van der Waals surface area contributed by atoms with E-state index in [2.05, 4.69) is 10.4 Å². The Bertz CT molecular complexity index is 554. The molecule has 11 heteroatoms. The number of nitrogens with two attached hydrogens (primary N) is 1. The normalized spacial score (nSPS) is 23.5. The van der Waals surface area contributed by atoms with Crippen molar-refractivity contribution in [3.63, 3.8) is 0 Å². The van der Waals surface area contributed by atoms with Gasteiger partial charge in [0.05, 0.1) is 12.1 Å². The Balaban J connectivity index is 2.24. The van der Waals surface area contributed by atoms with Gasteiger partial charge in [-0.25, -0.2) is 15.6 Å². The highest BCUT2D eigenvalue weighted by Gasteiger charge is 2.49. The molecule has 1 aliphatic rings. The molecule has 3 atom stereocenters. The Morgan fingerprint density at radius 1 is 1.43 bits per heavy atom. The number of aliphatic hydroxyl groups excluding tert-OH is 1. The zero-order valence-corrected chi connectivity index (χ0v) is 11.8. The molecule has 1 saturated heterocycles. The molecular formula is C12H16F3N5O3. The van der Waals surface area contributed by atoms with Gasteiger partial charge >= 0.3 is 12.3 Å². The van der Waals surface area contributed by atoms with Crippen LogP contribution < -0.4 is 16.6 Å². The number of hydrogen-bond donors (Lipinski definition) is 5. The van der Waals surface area contributed by atoms with E-state index in [1.165, 1.54) is 12.1 Å². The van der Waals surface area contributed by atoms with Crippen molar-refractivity contribution in [2.24, 2.45) is 5.84 Å². The van der Waals surface area contributed by atoms with Crippen LogP contribution in [0, 0.1) is 0 Å². The monoisotopic (exact) mass is 335 g/mol. The minimum absolute atomic E-state index is 0.125. The highest BCUT2D eigenvalue weighted by Crippen LogP contribution is 2.39. The van der Waals surface area contributed by atoms with Crippen LogP contribution in [-0.4, -0.2) is 57.6 Å². The number of likely N-dealkylation sites (tertiary alicyclic amines) is 1. The summed E-state index contributed by atoms with van der Waals surface area (Å²) < 4.78 is 40.3. The van der Waals surface area contributed by atoms with Crippen molar-refractivity contribution in [1.82, 2.24) is 15.2 Å². The molecule has 23 heavy (non-hydrogen) atoms. The number of aromatic nitrogens is 1. The first-order valence-electron chi connectivity index (χ1n) is 6.63. The van der Waals surface area contributed by atoms with E-state index < -0.39 is 30.5 Å². The highest BCUT2D eigenvalue weighted by molar-refractivity contribution is 5.65. The smallest absolute Gasteiger partial charge is 0.408 e. The first-order valence-corrected chi connectivity index (χ1v) is 6.63. The zero-order valence-electron chi connectivity index (χ0n) is 11.8. The molecule has 8 nitrogen and oxygen atoms in total. The van der Waals surface area contributed by atoms with Crippen LogP contribution in [0.2, 0.25) is 0 Å². The SMILES string of the molecule is NNc1ccc([C@@H](N2C[C@H](O)[C@H](NC(=O)O)C2)C(F)(F)F)cn1. The third-order valence-electron chi connectivity index (χ3n) is 3.55. The molecule has 1 aromatic heterocycles. The average molecular weight is 335 g/mol. The Labute approximate surface area is 129 Å². The number of carbonyl (C=O) groups is 1. The minimum atomic E-state index is -4.61. The van der Waals surface area contributed by atoms with Crippen LogP contribution >= 0.6 is 0 Å². The van der Waals surface area contributed by atoms with Crippen LogP contribution in [0.1, 0.15) is 11.6 Å². The Morgan fingerprint density at radius 3 is 2.61 bits per heavy atom. The summed E-state index contributed by atoms with van der Waals surface area (Å²) in [7, 11) is 0. The second kappa shape index (κ2) is 6.56. The molecule has 0 spiro atoms. The van der Waals surface area contributed by atoms with Crippen LogP contribution in [-0.2, 0) is 0 Å². The van der Waals surface area contributed by atoms with Crippen molar-refractivity contribution in [1.29, 1.82) is 0 Å². The summed E-state index contributed by atoms with van der Waals surface area (Å²) in [6, 6.07) is -0.467. The fourth-order valence-electron chi connectivity index (χ4n) is 2.59. The molecule has 2 heterocycles. The number of anilines is 1. The maximum Gasteiger partial charge on any atom is 0.408 e. The number of nitrogens with zero attached hydrogens (tertiary/aromatic N) is 2. The zero-order chi connectivity index (χ0) is 17.2. The van der Waals surface area contributed by atoms with E-state index in [1.807, 2.05) is 5.32 Å². The second-order valence-corrected chi connectivity index (χ2v) is 5.14. The van der Waals surface area contributed by atoms with Gasteiger partial charge in [0.1, 0.15) is 11.9 Å². The summed E-state index contributed by atoms with van der Waals surface area (Å²) in [4.78, 5) is 15.3. The van der Waals surface area contributed by atoms with Gasteiger partial charge in [0.15, 0.2) is 0 Å². The molecule has 0 unspecified atom stereocenters. The Morgan fingerprint density at radius 2 is 2.13 bits per heavy atom. The van der Waals surface area contributed by atoms with Crippen molar-refractivity contribution >= 4 is 11.9 Å². The van der Waals surface area contributed by atoms with Crippen LogP contribution in [0.4, 0.5) is 23.8 Å². The van der Waals surface area contributed by atoms with Gasteiger partial charge in [-0.2, -0.15) is 13.2 Å². The topological polar surface area (TPSA) is 124 Å². The highest BCUT2D eigenvalue weighted by atomic mass is 19.4. The Hall–Kier alpha value is -2.11. The third kappa shape index (κ3) is 4.00. The predicted molar refractivity (Wildman–Crippen MR) is 73.4 cm³/mol. The number of hydrazine groups is 1. The van der Waals surface area contributed by atoms with Gasteiger partial charge in [0, 0.05) is 19.3 Å². The fraction of sp³-hybridized carbons (Fsp3) is 0.500. The van der Waals surface area contributed by atoms with Crippen molar-refractivity contribution in [3.8, 4) is 0 Å². The molecule has 0 aromatic carbocycles. The average Bonchev–Trinajstić information content (AvgIpc) is 2.78. The van der Waals surface area contributed by atoms with Crippen molar-refractivity contribution in [3.05, 3.63) is 23.9 Å². The van der Waals surface area contributed by atoms with Crippen LogP contribution in [0.25, 0.3) is 0 Å². The van der Waals surface area contributed by atoms with Gasteiger partial charge in [-0.05, 0) is 11.6 Å². The summed E-state index contributed by atoms with van der Waals surface area (Å²) in [6.45, 7) is -0.583. The molecule has 1 fully saturated rings. The van der Waals surface area contributed by atoms with E-state index in [-0.39, 0.29) is 24.5 Å². The number of rotatable bonds is 4. The van der Waals surface area contributed by atoms with E-state index in [4.69, 9.17) is 10.9 Å². The number of hydrogen-bond acceptors (Lipinski definition) is 6. The number of halogens is 3. The standard InChI is InChI=1S/C12H16F3N5O3/c13-12(14,15)10(6-1-2-9(19-16)17-3-6)20-4-7(8(21)5-20)18-11(22)23/h1-3,7-8,10,18,21H,4-5,16H2,(H,17,19)(H,22,23)/t7-,8+,10-/m1/s1. The number of amides is 1. The largest absolute Gasteiger partial charge is 0.465 e. The van der Waals surface area contributed by atoms with Gasteiger partial charge in [-0.15, -0.1) is 0 Å². The molecule has 0 bridgehead atoms. The van der Waals surface area contributed by atoms with Gasteiger partial charge < -0.3 is 21.0 Å².